The van der Waals surface area contributed by atoms with Crippen molar-refractivity contribution in [3.63, 3.8) is 0 Å². The number of aliphatic hydroxyl groups is 2. The minimum absolute atomic E-state index is 0.0550. The highest BCUT2D eigenvalue weighted by molar-refractivity contribution is 5.88. The van der Waals surface area contributed by atoms with Crippen LogP contribution in [0.15, 0.2) is 30.3 Å². The SMILES string of the molecule is O=C(O)c1ccc2c(c1)C(O)c1c(F)ccc(F)c1C2O. The molecule has 2 atom stereocenters. The van der Waals surface area contributed by atoms with E-state index in [1.807, 2.05) is 0 Å². The first-order valence-corrected chi connectivity index (χ1v) is 6.13. The summed E-state index contributed by atoms with van der Waals surface area (Å²) in [4.78, 5) is 11.0. The van der Waals surface area contributed by atoms with E-state index in [4.69, 9.17) is 5.11 Å². The Labute approximate surface area is 117 Å². The van der Waals surface area contributed by atoms with Crippen LogP contribution < -0.4 is 0 Å². The number of carboxylic acid groups (broad SMARTS) is 1. The van der Waals surface area contributed by atoms with Crippen molar-refractivity contribution in [3.8, 4) is 0 Å². The van der Waals surface area contributed by atoms with Crippen molar-refractivity contribution in [1.29, 1.82) is 0 Å². The third-order valence-electron chi connectivity index (χ3n) is 3.65. The third-order valence-corrected chi connectivity index (χ3v) is 3.65. The Bertz CT molecular complexity index is 758. The van der Waals surface area contributed by atoms with E-state index in [1.165, 1.54) is 12.1 Å². The maximum absolute atomic E-state index is 13.9. The zero-order valence-corrected chi connectivity index (χ0v) is 10.5. The Morgan fingerprint density at radius 3 is 1.95 bits per heavy atom. The van der Waals surface area contributed by atoms with Crippen molar-refractivity contribution in [1.82, 2.24) is 0 Å². The first kappa shape index (κ1) is 13.7. The second kappa shape index (κ2) is 4.61. The molecule has 4 nitrogen and oxygen atoms in total. The van der Waals surface area contributed by atoms with E-state index >= 15 is 0 Å². The summed E-state index contributed by atoms with van der Waals surface area (Å²) < 4.78 is 27.7. The van der Waals surface area contributed by atoms with Crippen molar-refractivity contribution >= 4 is 5.97 Å². The molecule has 1 aliphatic carbocycles. The fourth-order valence-electron chi connectivity index (χ4n) is 2.64. The molecule has 0 fully saturated rings. The van der Waals surface area contributed by atoms with Gasteiger partial charge in [0.15, 0.2) is 0 Å². The Morgan fingerprint density at radius 1 is 0.905 bits per heavy atom. The Morgan fingerprint density at radius 2 is 1.43 bits per heavy atom. The number of hydrogen-bond acceptors (Lipinski definition) is 3. The van der Waals surface area contributed by atoms with Crippen LogP contribution in [0.2, 0.25) is 0 Å². The van der Waals surface area contributed by atoms with Crippen LogP contribution in [0.3, 0.4) is 0 Å². The molecular weight excluding hydrogens is 282 g/mol. The van der Waals surface area contributed by atoms with Crippen LogP contribution in [0, 0.1) is 11.6 Å². The van der Waals surface area contributed by atoms with Gasteiger partial charge in [0.1, 0.15) is 23.8 Å². The number of hydrogen-bond donors (Lipinski definition) is 3. The van der Waals surface area contributed by atoms with Crippen molar-refractivity contribution in [3.05, 3.63) is 69.8 Å². The molecule has 21 heavy (non-hydrogen) atoms. The largest absolute Gasteiger partial charge is 0.478 e. The molecule has 0 saturated heterocycles. The van der Waals surface area contributed by atoms with Gasteiger partial charge < -0.3 is 15.3 Å². The number of aromatic carboxylic acids is 1. The number of fused-ring (bicyclic) bond motifs is 2. The molecule has 1 aliphatic rings. The van der Waals surface area contributed by atoms with Crippen LogP contribution in [0.25, 0.3) is 0 Å². The summed E-state index contributed by atoms with van der Waals surface area (Å²) in [5.74, 6) is -2.90. The molecular formula is C15H10F2O4. The summed E-state index contributed by atoms with van der Waals surface area (Å²) in [7, 11) is 0. The number of aliphatic hydroxyl groups excluding tert-OH is 2. The molecule has 108 valence electrons. The average molecular weight is 292 g/mol. The van der Waals surface area contributed by atoms with Crippen LogP contribution in [0.1, 0.15) is 44.8 Å². The molecule has 0 aliphatic heterocycles. The van der Waals surface area contributed by atoms with Crippen LogP contribution in [0.4, 0.5) is 8.78 Å². The van der Waals surface area contributed by atoms with Crippen molar-refractivity contribution in [2.24, 2.45) is 0 Å². The summed E-state index contributed by atoms with van der Waals surface area (Å²) in [6, 6.07) is 5.41. The molecule has 0 amide bonds. The van der Waals surface area contributed by atoms with E-state index in [0.29, 0.717) is 0 Å². The number of benzene rings is 2. The summed E-state index contributed by atoms with van der Waals surface area (Å²) >= 11 is 0. The lowest BCUT2D eigenvalue weighted by Gasteiger charge is -2.29. The van der Waals surface area contributed by atoms with Gasteiger partial charge in [0, 0.05) is 11.1 Å². The Kier molecular flexibility index (Phi) is 3.00. The maximum atomic E-state index is 13.9. The van der Waals surface area contributed by atoms with Gasteiger partial charge in [-0.15, -0.1) is 0 Å². The molecule has 0 saturated carbocycles. The Balaban J connectivity index is 2.27. The van der Waals surface area contributed by atoms with Crippen LogP contribution in [-0.2, 0) is 0 Å². The first-order chi connectivity index (χ1) is 9.91. The van der Waals surface area contributed by atoms with Gasteiger partial charge in [0.2, 0.25) is 0 Å². The second-order valence-electron chi connectivity index (χ2n) is 4.81. The van der Waals surface area contributed by atoms with Crippen LogP contribution >= 0.6 is 0 Å². The lowest BCUT2D eigenvalue weighted by Crippen LogP contribution is -2.21. The lowest BCUT2D eigenvalue weighted by atomic mass is 9.81. The molecule has 0 bridgehead atoms. The zero-order valence-electron chi connectivity index (χ0n) is 10.5. The normalized spacial score (nSPS) is 19.8. The predicted molar refractivity (Wildman–Crippen MR) is 67.9 cm³/mol. The van der Waals surface area contributed by atoms with Gasteiger partial charge in [-0.2, -0.15) is 0 Å². The van der Waals surface area contributed by atoms with E-state index in [-0.39, 0.29) is 27.8 Å². The summed E-state index contributed by atoms with van der Waals surface area (Å²) in [5, 5.41) is 29.4. The number of halogens is 2. The Hall–Kier alpha value is -2.31. The molecule has 2 aromatic rings. The summed E-state index contributed by atoms with van der Waals surface area (Å²) in [5.41, 5.74) is -0.584. The van der Waals surface area contributed by atoms with Crippen molar-refractivity contribution in [2.45, 2.75) is 12.2 Å². The van der Waals surface area contributed by atoms with Gasteiger partial charge in [0.25, 0.3) is 0 Å². The smallest absolute Gasteiger partial charge is 0.335 e. The van der Waals surface area contributed by atoms with Crippen molar-refractivity contribution in [2.75, 3.05) is 0 Å². The molecule has 3 rings (SSSR count). The predicted octanol–water partition coefficient (Wildman–Crippen LogP) is 2.14. The molecule has 2 aromatic carbocycles. The van der Waals surface area contributed by atoms with E-state index in [1.54, 1.807) is 0 Å². The standard InChI is InChI=1S/C15H10F2O4/c16-9-3-4-10(17)12-11(9)13(18)7-2-1-6(15(20)21)5-8(7)14(12)19/h1-5,13-14,18-19H,(H,20,21). The van der Waals surface area contributed by atoms with E-state index in [2.05, 4.69) is 0 Å². The molecule has 2 unspecified atom stereocenters. The van der Waals surface area contributed by atoms with Gasteiger partial charge >= 0.3 is 5.97 Å². The molecule has 0 radical (unpaired) electrons. The highest BCUT2D eigenvalue weighted by Gasteiger charge is 2.35. The average Bonchev–Trinajstić information content (AvgIpc) is 2.46. The molecule has 0 aromatic heterocycles. The number of carboxylic acids is 1. The van der Waals surface area contributed by atoms with Crippen LogP contribution in [0.5, 0.6) is 0 Å². The summed E-state index contributed by atoms with van der Waals surface area (Å²) in [6.45, 7) is 0. The molecule has 3 N–H and O–H groups in total. The third kappa shape index (κ3) is 1.91. The first-order valence-electron chi connectivity index (χ1n) is 6.13. The quantitative estimate of drug-likeness (QED) is 0.752. The fourth-order valence-corrected chi connectivity index (χ4v) is 2.64. The molecule has 6 heteroatoms. The monoisotopic (exact) mass is 292 g/mol. The summed E-state index contributed by atoms with van der Waals surface area (Å²) in [6.07, 6.45) is -3.00. The highest BCUT2D eigenvalue weighted by Crippen LogP contribution is 2.43. The van der Waals surface area contributed by atoms with Crippen molar-refractivity contribution < 1.29 is 28.9 Å². The molecule has 0 spiro atoms. The second-order valence-corrected chi connectivity index (χ2v) is 4.81. The molecule has 0 heterocycles. The number of carbonyl (C=O) groups is 1. The number of rotatable bonds is 1. The van der Waals surface area contributed by atoms with Gasteiger partial charge in [-0.25, -0.2) is 13.6 Å². The van der Waals surface area contributed by atoms with Gasteiger partial charge in [-0.3, -0.25) is 0 Å². The van der Waals surface area contributed by atoms with E-state index in [0.717, 1.165) is 18.2 Å². The lowest BCUT2D eigenvalue weighted by molar-refractivity contribution is 0.0696. The van der Waals surface area contributed by atoms with Crippen LogP contribution in [-0.4, -0.2) is 21.3 Å². The maximum Gasteiger partial charge on any atom is 0.335 e. The zero-order chi connectivity index (χ0) is 15.3. The van der Waals surface area contributed by atoms with E-state index in [9.17, 15) is 23.8 Å². The van der Waals surface area contributed by atoms with Gasteiger partial charge in [0.05, 0.1) is 5.56 Å². The van der Waals surface area contributed by atoms with Gasteiger partial charge in [-0.1, -0.05) is 6.07 Å². The minimum atomic E-state index is -1.53. The fraction of sp³-hybridized carbons (Fsp3) is 0.133. The van der Waals surface area contributed by atoms with E-state index < -0.39 is 29.8 Å². The topological polar surface area (TPSA) is 77.8 Å². The highest BCUT2D eigenvalue weighted by atomic mass is 19.1. The minimum Gasteiger partial charge on any atom is -0.478 e. The van der Waals surface area contributed by atoms with Gasteiger partial charge in [-0.05, 0) is 35.4 Å².